The topological polar surface area (TPSA) is 59.9 Å². The normalized spacial score (nSPS) is 10.2. The number of hydrogen-bond donors (Lipinski definition) is 1. The minimum Gasteiger partial charge on any atom is -0.437 e. The molecule has 0 aliphatic carbocycles. The van der Waals surface area contributed by atoms with Crippen LogP contribution in [0.3, 0.4) is 0 Å². The predicted octanol–water partition coefficient (Wildman–Crippen LogP) is 2.71. The Morgan fingerprint density at radius 1 is 1.22 bits per heavy atom. The lowest BCUT2D eigenvalue weighted by atomic mass is 10.4. The van der Waals surface area contributed by atoms with Crippen LogP contribution in [0.4, 0.5) is 5.82 Å². The molecule has 18 heavy (non-hydrogen) atoms. The zero-order valence-corrected chi connectivity index (χ0v) is 10.8. The number of aryl methyl sites for hydroxylation is 2. The number of pyridine rings is 1. The summed E-state index contributed by atoms with van der Waals surface area (Å²) in [5, 5.41) is 3.14. The molecule has 0 radical (unpaired) electrons. The van der Waals surface area contributed by atoms with Crippen LogP contribution < -0.4 is 10.1 Å². The van der Waals surface area contributed by atoms with Gasteiger partial charge in [-0.3, -0.25) is 4.98 Å². The predicted molar refractivity (Wildman–Crippen MR) is 70.0 cm³/mol. The summed E-state index contributed by atoms with van der Waals surface area (Å²) in [5.41, 5.74) is 0.953. The molecule has 0 aromatic carbocycles. The summed E-state index contributed by atoms with van der Waals surface area (Å²) in [6.45, 7) is 6.59. The SMILES string of the molecule is CCNc1cc(Oc2ccc(C)nc2)nc(C)n1. The first-order chi connectivity index (χ1) is 8.67. The van der Waals surface area contributed by atoms with E-state index >= 15 is 0 Å². The number of anilines is 1. The Bertz CT molecular complexity index is 525. The number of rotatable bonds is 4. The zero-order chi connectivity index (χ0) is 13.0. The van der Waals surface area contributed by atoms with Crippen molar-refractivity contribution in [2.24, 2.45) is 0 Å². The third-order valence-electron chi connectivity index (χ3n) is 2.28. The van der Waals surface area contributed by atoms with Gasteiger partial charge in [-0.25, -0.2) is 4.98 Å². The lowest BCUT2D eigenvalue weighted by molar-refractivity contribution is 0.458. The second-order valence-electron chi connectivity index (χ2n) is 3.91. The third-order valence-corrected chi connectivity index (χ3v) is 2.28. The number of nitrogens with one attached hydrogen (secondary N) is 1. The fraction of sp³-hybridized carbons (Fsp3) is 0.308. The monoisotopic (exact) mass is 244 g/mol. The summed E-state index contributed by atoms with van der Waals surface area (Å²) >= 11 is 0. The van der Waals surface area contributed by atoms with E-state index in [1.165, 1.54) is 0 Å². The molecule has 0 aliphatic heterocycles. The van der Waals surface area contributed by atoms with Crippen LogP contribution in [-0.2, 0) is 0 Å². The highest BCUT2D eigenvalue weighted by Crippen LogP contribution is 2.20. The van der Waals surface area contributed by atoms with E-state index in [4.69, 9.17) is 4.74 Å². The van der Waals surface area contributed by atoms with Gasteiger partial charge in [0.15, 0.2) is 0 Å². The molecule has 0 atom stereocenters. The maximum absolute atomic E-state index is 5.65. The first kappa shape index (κ1) is 12.3. The highest BCUT2D eigenvalue weighted by atomic mass is 16.5. The van der Waals surface area contributed by atoms with E-state index in [0.717, 1.165) is 18.1 Å². The van der Waals surface area contributed by atoms with Crippen molar-refractivity contribution >= 4 is 5.82 Å². The van der Waals surface area contributed by atoms with Gasteiger partial charge < -0.3 is 10.1 Å². The minimum atomic E-state index is 0.518. The second-order valence-corrected chi connectivity index (χ2v) is 3.91. The molecule has 0 aliphatic rings. The summed E-state index contributed by atoms with van der Waals surface area (Å²) in [4.78, 5) is 12.7. The fourth-order valence-electron chi connectivity index (χ4n) is 1.50. The molecule has 94 valence electrons. The van der Waals surface area contributed by atoms with Crippen LogP contribution in [0.5, 0.6) is 11.6 Å². The van der Waals surface area contributed by atoms with Gasteiger partial charge in [0, 0.05) is 18.3 Å². The molecule has 0 bridgehead atoms. The largest absolute Gasteiger partial charge is 0.437 e. The van der Waals surface area contributed by atoms with Crippen molar-refractivity contribution in [1.29, 1.82) is 0 Å². The van der Waals surface area contributed by atoms with Gasteiger partial charge in [-0.2, -0.15) is 4.98 Å². The number of hydrogen-bond acceptors (Lipinski definition) is 5. The van der Waals surface area contributed by atoms with Gasteiger partial charge in [-0.05, 0) is 32.9 Å². The van der Waals surface area contributed by atoms with Gasteiger partial charge in [0.2, 0.25) is 5.88 Å². The lowest BCUT2D eigenvalue weighted by Crippen LogP contribution is -2.02. The van der Waals surface area contributed by atoms with Gasteiger partial charge in [0.05, 0.1) is 6.20 Å². The average molecular weight is 244 g/mol. The van der Waals surface area contributed by atoms with E-state index in [1.807, 2.05) is 32.9 Å². The molecule has 0 spiro atoms. The van der Waals surface area contributed by atoms with Gasteiger partial charge >= 0.3 is 0 Å². The Kier molecular flexibility index (Phi) is 3.72. The van der Waals surface area contributed by atoms with Crippen LogP contribution in [-0.4, -0.2) is 21.5 Å². The van der Waals surface area contributed by atoms with Gasteiger partial charge in [-0.1, -0.05) is 0 Å². The quantitative estimate of drug-likeness (QED) is 0.896. The van der Waals surface area contributed by atoms with Crippen molar-refractivity contribution in [3.05, 3.63) is 35.9 Å². The molecule has 2 heterocycles. The van der Waals surface area contributed by atoms with E-state index in [9.17, 15) is 0 Å². The van der Waals surface area contributed by atoms with E-state index < -0.39 is 0 Å². The summed E-state index contributed by atoms with van der Waals surface area (Å²) in [7, 11) is 0. The highest BCUT2D eigenvalue weighted by Gasteiger charge is 2.03. The third kappa shape index (κ3) is 3.16. The Labute approximate surface area is 106 Å². The Hall–Kier alpha value is -2.17. The average Bonchev–Trinajstić information content (AvgIpc) is 2.32. The van der Waals surface area contributed by atoms with Crippen LogP contribution >= 0.6 is 0 Å². The van der Waals surface area contributed by atoms with E-state index in [2.05, 4.69) is 20.3 Å². The van der Waals surface area contributed by atoms with Crippen LogP contribution in [0.25, 0.3) is 0 Å². The molecule has 0 saturated heterocycles. The zero-order valence-electron chi connectivity index (χ0n) is 10.8. The van der Waals surface area contributed by atoms with Crippen molar-refractivity contribution in [2.75, 3.05) is 11.9 Å². The molecule has 5 nitrogen and oxygen atoms in total. The van der Waals surface area contributed by atoms with Crippen molar-refractivity contribution < 1.29 is 4.74 Å². The van der Waals surface area contributed by atoms with Crippen molar-refractivity contribution in [1.82, 2.24) is 15.0 Å². The van der Waals surface area contributed by atoms with Gasteiger partial charge in [0.25, 0.3) is 0 Å². The molecule has 2 rings (SSSR count). The summed E-state index contributed by atoms with van der Waals surface area (Å²) in [5.74, 6) is 2.62. The van der Waals surface area contributed by atoms with E-state index in [0.29, 0.717) is 17.5 Å². The molecule has 0 unspecified atom stereocenters. The summed E-state index contributed by atoms with van der Waals surface area (Å²) < 4.78 is 5.65. The molecule has 0 saturated carbocycles. The van der Waals surface area contributed by atoms with Crippen molar-refractivity contribution in [3.63, 3.8) is 0 Å². The van der Waals surface area contributed by atoms with Gasteiger partial charge in [0.1, 0.15) is 17.4 Å². The number of nitrogens with zero attached hydrogens (tertiary/aromatic N) is 3. The van der Waals surface area contributed by atoms with Crippen LogP contribution in [0.15, 0.2) is 24.4 Å². The molecule has 0 amide bonds. The molecular weight excluding hydrogens is 228 g/mol. The minimum absolute atomic E-state index is 0.518. The van der Waals surface area contributed by atoms with Crippen LogP contribution in [0, 0.1) is 13.8 Å². The maximum Gasteiger partial charge on any atom is 0.224 e. The lowest BCUT2D eigenvalue weighted by Gasteiger charge is -2.08. The Morgan fingerprint density at radius 3 is 2.72 bits per heavy atom. The van der Waals surface area contributed by atoms with Crippen molar-refractivity contribution in [3.8, 4) is 11.6 Å². The molecule has 5 heteroatoms. The number of aromatic nitrogens is 3. The maximum atomic E-state index is 5.65. The summed E-state index contributed by atoms with van der Waals surface area (Å²) in [6.07, 6.45) is 1.68. The molecule has 0 fully saturated rings. The Balaban J connectivity index is 2.20. The highest BCUT2D eigenvalue weighted by molar-refractivity contribution is 5.39. The van der Waals surface area contributed by atoms with Gasteiger partial charge in [-0.15, -0.1) is 0 Å². The summed E-state index contributed by atoms with van der Waals surface area (Å²) in [6, 6.07) is 5.54. The first-order valence-electron chi connectivity index (χ1n) is 5.87. The molecule has 2 aromatic rings. The first-order valence-corrected chi connectivity index (χ1v) is 5.87. The van der Waals surface area contributed by atoms with E-state index in [-0.39, 0.29) is 0 Å². The van der Waals surface area contributed by atoms with Crippen LogP contribution in [0.1, 0.15) is 18.4 Å². The fourth-order valence-corrected chi connectivity index (χ4v) is 1.50. The van der Waals surface area contributed by atoms with E-state index in [1.54, 1.807) is 12.3 Å². The van der Waals surface area contributed by atoms with Crippen LogP contribution in [0.2, 0.25) is 0 Å². The Morgan fingerprint density at radius 2 is 2.06 bits per heavy atom. The standard InChI is InChI=1S/C13H16N4O/c1-4-14-12-7-13(17-10(3)16-12)18-11-6-5-9(2)15-8-11/h5-8H,4H2,1-3H3,(H,14,16,17). The molecule has 2 aromatic heterocycles. The molecular formula is C13H16N4O. The van der Waals surface area contributed by atoms with Crippen molar-refractivity contribution in [2.45, 2.75) is 20.8 Å². The molecule has 1 N–H and O–H groups in total. The second kappa shape index (κ2) is 5.44. The smallest absolute Gasteiger partial charge is 0.224 e. The number of ether oxygens (including phenoxy) is 1.